The van der Waals surface area contributed by atoms with Crippen LogP contribution in [-0.2, 0) is 5.72 Å². The monoisotopic (exact) mass is 350 g/mol. The van der Waals surface area contributed by atoms with E-state index in [0.717, 1.165) is 33.8 Å². The molecule has 1 atom stereocenters. The average Bonchev–Trinajstić information content (AvgIpc) is 3.20. The molecule has 27 heavy (non-hydrogen) atoms. The first-order chi connectivity index (χ1) is 13.3. The summed E-state index contributed by atoms with van der Waals surface area (Å²) in [5.41, 5.74) is 3.75. The van der Waals surface area contributed by atoms with Crippen LogP contribution in [0.4, 0.5) is 0 Å². The average molecular weight is 350 g/mol. The zero-order chi connectivity index (χ0) is 18.3. The largest absolute Gasteiger partial charge is 0.361 e. The quantitative estimate of drug-likeness (QED) is 0.567. The van der Waals surface area contributed by atoms with E-state index in [1.807, 2.05) is 95.7 Å². The van der Waals surface area contributed by atoms with Crippen molar-refractivity contribution in [3.05, 3.63) is 126 Å². The molecule has 3 nitrogen and oxygen atoms in total. The molecule has 130 valence electrons. The maximum absolute atomic E-state index is 11.9. The van der Waals surface area contributed by atoms with Crippen molar-refractivity contribution in [3.63, 3.8) is 0 Å². The smallest absolute Gasteiger partial charge is 0.225 e. The lowest BCUT2D eigenvalue weighted by molar-refractivity contribution is 0.0855. The van der Waals surface area contributed by atoms with Crippen LogP contribution in [0, 0.1) is 0 Å². The van der Waals surface area contributed by atoms with Gasteiger partial charge in [-0.2, -0.15) is 0 Å². The third-order valence-electron chi connectivity index (χ3n) is 5.02. The summed E-state index contributed by atoms with van der Waals surface area (Å²) in [4.78, 5) is 4.95. The summed E-state index contributed by atoms with van der Waals surface area (Å²) in [6, 6.07) is 31.7. The van der Waals surface area contributed by atoms with E-state index < -0.39 is 5.72 Å². The number of nitrogens with zero attached hydrogens (tertiary/aromatic N) is 2. The molecule has 1 unspecified atom stereocenters. The summed E-state index contributed by atoms with van der Waals surface area (Å²) < 4.78 is 2.03. The number of para-hydroxylation sites is 1. The van der Waals surface area contributed by atoms with E-state index in [2.05, 4.69) is 12.1 Å². The van der Waals surface area contributed by atoms with Crippen molar-refractivity contribution in [2.24, 2.45) is 4.99 Å². The third-order valence-corrected chi connectivity index (χ3v) is 5.02. The number of rotatable bonds is 2. The van der Waals surface area contributed by atoms with Crippen LogP contribution in [0.1, 0.15) is 22.4 Å². The van der Waals surface area contributed by atoms with Crippen molar-refractivity contribution >= 4 is 5.71 Å². The molecule has 0 fully saturated rings. The minimum absolute atomic E-state index is 0.729. The highest BCUT2D eigenvalue weighted by atomic mass is 16.3. The van der Waals surface area contributed by atoms with Crippen LogP contribution in [0.5, 0.6) is 0 Å². The molecule has 0 radical (unpaired) electrons. The van der Waals surface area contributed by atoms with Crippen LogP contribution in [0.3, 0.4) is 0 Å². The first-order valence-electron chi connectivity index (χ1n) is 8.98. The van der Waals surface area contributed by atoms with E-state index >= 15 is 0 Å². The molecule has 3 aromatic carbocycles. The SMILES string of the molecule is OC1(c2ccccc2)N=C(c2ccccc2)c2ccccc2-n2cccc21. The summed E-state index contributed by atoms with van der Waals surface area (Å²) in [6.45, 7) is 0. The van der Waals surface area contributed by atoms with Gasteiger partial charge in [0.1, 0.15) is 0 Å². The Labute approximate surface area is 157 Å². The van der Waals surface area contributed by atoms with Crippen LogP contribution in [-0.4, -0.2) is 15.4 Å². The molecular weight excluding hydrogens is 332 g/mol. The zero-order valence-electron chi connectivity index (χ0n) is 14.7. The zero-order valence-corrected chi connectivity index (χ0v) is 14.7. The van der Waals surface area contributed by atoms with Crippen molar-refractivity contribution in [1.29, 1.82) is 0 Å². The van der Waals surface area contributed by atoms with Gasteiger partial charge in [-0.1, -0.05) is 78.9 Å². The number of aromatic nitrogens is 1. The minimum Gasteiger partial charge on any atom is -0.361 e. The number of benzene rings is 3. The second-order valence-electron chi connectivity index (χ2n) is 6.65. The molecule has 0 saturated heterocycles. The maximum Gasteiger partial charge on any atom is 0.225 e. The molecule has 2 heterocycles. The van der Waals surface area contributed by atoms with Crippen molar-refractivity contribution < 1.29 is 5.11 Å². The minimum atomic E-state index is -1.48. The van der Waals surface area contributed by atoms with Gasteiger partial charge in [0, 0.05) is 22.9 Å². The summed E-state index contributed by atoms with van der Waals surface area (Å²) in [6.07, 6.45) is 1.98. The van der Waals surface area contributed by atoms with E-state index in [9.17, 15) is 5.11 Å². The fourth-order valence-corrected chi connectivity index (χ4v) is 3.74. The number of aliphatic hydroxyl groups is 1. The molecule has 3 heteroatoms. The molecule has 0 amide bonds. The first-order valence-corrected chi connectivity index (χ1v) is 8.98. The van der Waals surface area contributed by atoms with Gasteiger partial charge in [0.25, 0.3) is 0 Å². The number of fused-ring (bicyclic) bond motifs is 3. The lowest BCUT2D eigenvalue weighted by Crippen LogP contribution is -2.27. The molecule has 1 aliphatic rings. The number of hydrogen-bond donors (Lipinski definition) is 1. The molecule has 0 spiro atoms. The lowest BCUT2D eigenvalue weighted by atomic mass is 9.98. The predicted octanol–water partition coefficient (Wildman–Crippen LogP) is 4.52. The van der Waals surface area contributed by atoms with Crippen LogP contribution in [0.15, 0.2) is 108 Å². The van der Waals surface area contributed by atoms with Crippen molar-refractivity contribution in [2.45, 2.75) is 5.72 Å². The van der Waals surface area contributed by atoms with Gasteiger partial charge in [0.15, 0.2) is 0 Å². The van der Waals surface area contributed by atoms with Gasteiger partial charge in [0.2, 0.25) is 5.72 Å². The van der Waals surface area contributed by atoms with Crippen LogP contribution in [0.2, 0.25) is 0 Å². The highest BCUT2D eigenvalue weighted by molar-refractivity contribution is 6.15. The third kappa shape index (κ3) is 2.44. The summed E-state index contributed by atoms with van der Waals surface area (Å²) in [5.74, 6) is 0. The highest BCUT2D eigenvalue weighted by Crippen LogP contribution is 2.38. The van der Waals surface area contributed by atoms with E-state index in [0.29, 0.717) is 0 Å². The maximum atomic E-state index is 11.9. The molecule has 1 aromatic heterocycles. The Bertz CT molecular complexity index is 1130. The van der Waals surface area contributed by atoms with E-state index in [1.54, 1.807) is 0 Å². The van der Waals surface area contributed by atoms with E-state index in [-0.39, 0.29) is 0 Å². The Morgan fingerprint density at radius 2 is 1.37 bits per heavy atom. The van der Waals surface area contributed by atoms with Gasteiger partial charge in [-0.15, -0.1) is 0 Å². The van der Waals surface area contributed by atoms with Crippen molar-refractivity contribution in [2.75, 3.05) is 0 Å². The Hall–Kier alpha value is -3.43. The van der Waals surface area contributed by atoms with Crippen LogP contribution >= 0.6 is 0 Å². The van der Waals surface area contributed by atoms with Gasteiger partial charge >= 0.3 is 0 Å². The number of hydrogen-bond acceptors (Lipinski definition) is 2. The molecular formula is C24H18N2O. The van der Waals surface area contributed by atoms with E-state index in [1.165, 1.54) is 0 Å². The molecule has 0 saturated carbocycles. The Morgan fingerprint density at radius 1 is 0.704 bits per heavy atom. The molecule has 0 aliphatic carbocycles. The second kappa shape index (κ2) is 6.08. The first kappa shape index (κ1) is 15.8. The molecule has 4 aromatic rings. The molecule has 0 bridgehead atoms. The summed E-state index contributed by atoms with van der Waals surface area (Å²) in [5, 5.41) is 11.9. The predicted molar refractivity (Wildman–Crippen MR) is 107 cm³/mol. The van der Waals surface area contributed by atoms with Gasteiger partial charge in [0.05, 0.1) is 17.1 Å². The fraction of sp³-hybridized carbons (Fsp3) is 0.0417. The van der Waals surface area contributed by atoms with Gasteiger partial charge in [-0.05, 0) is 18.2 Å². The van der Waals surface area contributed by atoms with Gasteiger partial charge in [-0.3, -0.25) is 0 Å². The lowest BCUT2D eigenvalue weighted by Gasteiger charge is -2.25. The van der Waals surface area contributed by atoms with E-state index in [4.69, 9.17) is 4.99 Å². The normalized spacial score (nSPS) is 18.2. The second-order valence-corrected chi connectivity index (χ2v) is 6.65. The molecule has 5 rings (SSSR count). The number of aliphatic imine (C=N–C) groups is 1. The van der Waals surface area contributed by atoms with Crippen molar-refractivity contribution in [3.8, 4) is 5.69 Å². The summed E-state index contributed by atoms with van der Waals surface area (Å²) >= 11 is 0. The van der Waals surface area contributed by atoms with Crippen LogP contribution < -0.4 is 0 Å². The Balaban J connectivity index is 1.88. The van der Waals surface area contributed by atoms with Gasteiger partial charge in [-0.25, -0.2) is 4.99 Å². The summed E-state index contributed by atoms with van der Waals surface area (Å²) in [7, 11) is 0. The molecule has 1 aliphatic heterocycles. The Morgan fingerprint density at radius 3 is 2.15 bits per heavy atom. The highest BCUT2D eigenvalue weighted by Gasteiger charge is 2.37. The Kier molecular flexibility index (Phi) is 3.56. The fourth-order valence-electron chi connectivity index (χ4n) is 3.74. The van der Waals surface area contributed by atoms with Crippen molar-refractivity contribution in [1.82, 2.24) is 4.57 Å². The van der Waals surface area contributed by atoms with Crippen LogP contribution in [0.25, 0.3) is 5.69 Å². The molecule has 1 N–H and O–H groups in total. The standard InChI is InChI=1S/C24H18N2O/c27-24(19-12-5-2-6-13-19)22-16-9-17-26(22)21-15-8-7-14-20(21)23(25-24)18-10-3-1-4-11-18/h1-17,27H. The topological polar surface area (TPSA) is 37.5 Å². The van der Waals surface area contributed by atoms with Gasteiger partial charge < -0.3 is 9.67 Å².